The number of imide groups is 1. The van der Waals surface area contributed by atoms with Gasteiger partial charge in [0, 0.05) is 19.4 Å². The lowest BCUT2D eigenvalue weighted by Crippen LogP contribution is -2.29. The van der Waals surface area contributed by atoms with E-state index in [0.29, 0.717) is 19.4 Å². The third-order valence-corrected chi connectivity index (χ3v) is 1.52. The molecule has 0 spiro atoms. The molecule has 1 aliphatic heterocycles. The SMILES string of the molecule is C[CH]CN1C(=O)CCC1=O. The van der Waals surface area contributed by atoms with E-state index in [1.165, 1.54) is 4.90 Å². The highest BCUT2D eigenvalue weighted by Crippen LogP contribution is 2.10. The highest BCUT2D eigenvalue weighted by atomic mass is 16.2. The molecule has 55 valence electrons. The minimum atomic E-state index is -0.0388. The topological polar surface area (TPSA) is 37.4 Å². The van der Waals surface area contributed by atoms with E-state index in [4.69, 9.17) is 0 Å². The molecule has 0 bridgehead atoms. The summed E-state index contributed by atoms with van der Waals surface area (Å²) in [5.74, 6) is -0.0776. The summed E-state index contributed by atoms with van der Waals surface area (Å²) in [7, 11) is 0. The molecular formula is C7H10NO2. The van der Waals surface area contributed by atoms with Gasteiger partial charge in [0.1, 0.15) is 0 Å². The van der Waals surface area contributed by atoms with Crippen LogP contribution in [-0.2, 0) is 9.59 Å². The van der Waals surface area contributed by atoms with E-state index < -0.39 is 0 Å². The summed E-state index contributed by atoms with van der Waals surface area (Å²) < 4.78 is 0. The van der Waals surface area contributed by atoms with Crippen LogP contribution in [0.1, 0.15) is 19.8 Å². The number of rotatable bonds is 2. The minimum Gasteiger partial charge on any atom is -0.282 e. The van der Waals surface area contributed by atoms with Gasteiger partial charge in [-0.05, 0) is 6.42 Å². The van der Waals surface area contributed by atoms with Gasteiger partial charge < -0.3 is 0 Å². The van der Waals surface area contributed by atoms with Crippen molar-refractivity contribution >= 4 is 11.8 Å². The van der Waals surface area contributed by atoms with Gasteiger partial charge in [-0.15, -0.1) is 0 Å². The Morgan fingerprint density at radius 1 is 1.40 bits per heavy atom. The maximum atomic E-state index is 10.9. The maximum Gasteiger partial charge on any atom is 0.229 e. The van der Waals surface area contributed by atoms with E-state index in [0.717, 1.165) is 0 Å². The number of carbonyl (C=O) groups is 2. The molecule has 1 radical (unpaired) electrons. The molecule has 0 atom stereocenters. The van der Waals surface area contributed by atoms with E-state index in [9.17, 15) is 9.59 Å². The summed E-state index contributed by atoms with van der Waals surface area (Å²) in [6.45, 7) is 2.30. The fourth-order valence-corrected chi connectivity index (χ4v) is 1.01. The van der Waals surface area contributed by atoms with Crippen molar-refractivity contribution < 1.29 is 9.59 Å². The van der Waals surface area contributed by atoms with Crippen molar-refractivity contribution in [3.63, 3.8) is 0 Å². The van der Waals surface area contributed by atoms with Gasteiger partial charge in [0.2, 0.25) is 11.8 Å². The van der Waals surface area contributed by atoms with E-state index in [-0.39, 0.29) is 11.8 Å². The molecule has 0 saturated carbocycles. The van der Waals surface area contributed by atoms with Crippen molar-refractivity contribution in [2.45, 2.75) is 19.8 Å². The first-order chi connectivity index (χ1) is 4.75. The Bertz CT molecular complexity index is 149. The summed E-state index contributed by atoms with van der Waals surface area (Å²) >= 11 is 0. The molecule has 0 unspecified atom stereocenters. The van der Waals surface area contributed by atoms with E-state index in [1.807, 2.05) is 6.92 Å². The summed E-state index contributed by atoms with van der Waals surface area (Å²) in [6, 6.07) is 0. The molecule has 0 aromatic heterocycles. The van der Waals surface area contributed by atoms with Gasteiger partial charge in [0.05, 0.1) is 0 Å². The maximum absolute atomic E-state index is 10.9. The zero-order valence-electron chi connectivity index (χ0n) is 5.96. The van der Waals surface area contributed by atoms with Crippen molar-refractivity contribution in [1.82, 2.24) is 4.90 Å². The molecular weight excluding hydrogens is 130 g/mol. The lowest BCUT2D eigenvalue weighted by molar-refractivity contribution is -0.137. The third kappa shape index (κ3) is 1.17. The van der Waals surface area contributed by atoms with Gasteiger partial charge in [-0.25, -0.2) is 0 Å². The van der Waals surface area contributed by atoms with Crippen LogP contribution in [0, 0.1) is 6.42 Å². The van der Waals surface area contributed by atoms with Crippen LogP contribution in [0.15, 0.2) is 0 Å². The summed E-state index contributed by atoms with van der Waals surface area (Å²) in [5.41, 5.74) is 0. The zero-order valence-corrected chi connectivity index (χ0v) is 5.96. The first-order valence-corrected chi connectivity index (χ1v) is 3.36. The second kappa shape index (κ2) is 2.82. The molecule has 1 aliphatic rings. The minimum absolute atomic E-state index is 0.0388. The van der Waals surface area contributed by atoms with Crippen molar-refractivity contribution in [2.24, 2.45) is 0 Å². The van der Waals surface area contributed by atoms with Gasteiger partial charge in [0.25, 0.3) is 0 Å². The van der Waals surface area contributed by atoms with Crippen LogP contribution in [0.25, 0.3) is 0 Å². The van der Waals surface area contributed by atoms with Gasteiger partial charge >= 0.3 is 0 Å². The lowest BCUT2D eigenvalue weighted by atomic mass is 10.4. The van der Waals surface area contributed by atoms with Crippen LogP contribution in [0.5, 0.6) is 0 Å². The van der Waals surface area contributed by atoms with Crippen LogP contribution in [0.2, 0.25) is 0 Å². The summed E-state index contributed by atoms with van der Waals surface area (Å²) in [4.78, 5) is 23.0. The number of hydrogen-bond acceptors (Lipinski definition) is 2. The molecule has 10 heavy (non-hydrogen) atoms. The number of hydrogen-bond donors (Lipinski definition) is 0. The first kappa shape index (κ1) is 7.25. The smallest absolute Gasteiger partial charge is 0.229 e. The predicted molar refractivity (Wildman–Crippen MR) is 35.9 cm³/mol. The summed E-state index contributed by atoms with van der Waals surface area (Å²) in [6.07, 6.45) is 2.60. The fourth-order valence-electron chi connectivity index (χ4n) is 1.01. The molecule has 0 aliphatic carbocycles. The number of carbonyl (C=O) groups excluding carboxylic acids is 2. The monoisotopic (exact) mass is 140 g/mol. The Kier molecular flexibility index (Phi) is 2.04. The molecule has 1 fully saturated rings. The Labute approximate surface area is 60.0 Å². The molecule has 1 saturated heterocycles. The van der Waals surface area contributed by atoms with Gasteiger partial charge in [-0.1, -0.05) is 6.92 Å². The van der Waals surface area contributed by atoms with Crippen LogP contribution in [-0.4, -0.2) is 23.3 Å². The van der Waals surface area contributed by atoms with E-state index in [2.05, 4.69) is 0 Å². The average Bonchev–Trinajstić information content (AvgIpc) is 2.20. The van der Waals surface area contributed by atoms with Crippen LogP contribution in [0.3, 0.4) is 0 Å². The molecule has 0 N–H and O–H groups in total. The number of likely N-dealkylation sites (tertiary alicyclic amines) is 1. The molecule has 3 heteroatoms. The van der Waals surface area contributed by atoms with Gasteiger partial charge in [-0.3, -0.25) is 14.5 Å². The lowest BCUT2D eigenvalue weighted by Gasteiger charge is -2.10. The molecule has 0 aromatic carbocycles. The average molecular weight is 140 g/mol. The Balaban J connectivity index is 2.54. The number of nitrogens with zero attached hydrogens (tertiary/aromatic N) is 1. The Hall–Kier alpha value is -0.860. The van der Waals surface area contributed by atoms with E-state index in [1.54, 1.807) is 6.42 Å². The molecule has 1 heterocycles. The quantitative estimate of drug-likeness (QED) is 0.519. The Morgan fingerprint density at radius 3 is 2.30 bits per heavy atom. The van der Waals surface area contributed by atoms with Crippen molar-refractivity contribution in [3.05, 3.63) is 6.42 Å². The highest BCUT2D eigenvalue weighted by Gasteiger charge is 2.27. The molecule has 3 nitrogen and oxygen atoms in total. The van der Waals surface area contributed by atoms with E-state index >= 15 is 0 Å². The second-order valence-corrected chi connectivity index (χ2v) is 2.31. The largest absolute Gasteiger partial charge is 0.282 e. The normalized spacial score (nSPS) is 18.7. The molecule has 0 aromatic rings. The number of amides is 2. The highest BCUT2D eigenvalue weighted by molar-refractivity contribution is 6.01. The standard InChI is InChI=1S/C7H10NO2/c1-2-5-8-6(9)3-4-7(8)10/h2H,3-5H2,1H3. The predicted octanol–water partition coefficient (Wildman–Crippen LogP) is 0.360. The zero-order chi connectivity index (χ0) is 7.56. The molecule has 2 amide bonds. The van der Waals surface area contributed by atoms with Crippen LogP contribution < -0.4 is 0 Å². The summed E-state index contributed by atoms with van der Waals surface area (Å²) in [5, 5.41) is 0. The van der Waals surface area contributed by atoms with Gasteiger partial charge in [0.15, 0.2) is 0 Å². The van der Waals surface area contributed by atoms with Gasteiger partial charge in [-0.2, -0.15) is 0 Å². The van der Waals surface area contributed by atoms with Crippen LogP contribution >= 0.6 is 0 Å². The van der Waals surface area contributed by atoms with Crippen molar-refractivity contribution in [2.75, 3.05) is 6.54 Å². The van der Waals surface area contributed by atoms with Crippen molar-refractivity contribution in [3.8, 4) is 0 Å². The third-order valence-electron chi connectivity index (χ3n) is 1.52. The first-order valence-electron chi connectivity index (χ1n) is 3.36. The Morgan fingerprint density at radius 2 is 1.90 bits per heavy atom. The van der Waals surface area contributed by atoms with Crippen LogP contribution in [0.4, 0.5) is 0 Å². The fraction of sp³-hybridized carbons (Fsp3) is 0.571. The molecule has 1 rings (SSSR count). The second-order valence-electron chi connectivity index (χ2n) is 2.31. The van der Waals surface area contributed by atoms with Crippen molar-refractivity contribution in [1.29, 1.82) is 0 Å².